The lowest BCUT2D eigenvalue weighted by molar-refractivity contribution is 0.414. The molecule has 1 saturated carbocycles. The molecule has 0 radical (unpaired) electrons. The number of halogens is 2. The molecule has 0 saturated heterocycles. The summed E-state index contributed by atoms with van der Waals surface area (Å²) >= 11 is 12.0. The van der Waals surface area contributed by atoms with Crippen LogP contribution in [-0.4, -0.2) is 6.04 Å². The lowest BCUT2D eigenvalue weighted by Gasteiger charge is -2.23. The van der Waals surface area contributed by atoms with Crippen LogP contribution in [0.3, 0.4) is 0 Å². The highest BCUT2D eigenvalue weighted by Gasteiger charge is 2.29. The zero-order valence-corrected chi connectivity index (χ0v) is 11.9. The van der Waals surface area contributed by atoms with Crippen LogP contribution in [0, 0.1) is 5.92 Å². The summed E-state index contributed by atoms with van der Waals surface area (Å²) in [6, 6.07) is 6.89. The molecule has 0 heterocycles. The molecule has 0 spiro atoms. The van der Waals surface area contributed by atoms with Crippen molar-refractivity contribution in [1.29, 1.82) is 0 Å². The first-order chi connectivity index (χ1) is 8.11. The molecule has 0 aromatic heterocycles. The molecule has 3 heteroatoms. The molecule has 2 unspecified atom stereocenters. The summed E-state index contributed by atoms with van der Waals surface area (Å²) in [6.07, 6.45) is 3.80. The van der Waals surface area contributed by atoms with Gasteiger partial charge in [0.05, 0.1) is 10.0 Å². The third kappa shape index (κ3) is 3.37. The molecule has 1 aliphatic rings. The number of nitrogens with one attached hydrogen (secondary N) is 1. The highest BCUT2D eigenvalue weighted by Crippen LogP contribution is 2.34. The highest BCUT2D eigenvalue weighted by atomic mass is 35.5. The minimum atomic E-state index is 0.375. The van der Waals surface area contributed by atoms with Crippen LogP contribution < -0.4 is 5.32 Å². The van der Waals surface area contributed by atoms with Gasteiger partial charge in [-0.3, -0.25) is 0 Å². The standard InChI is InChI=1S/C14H19Cl2N/c1-3-14(17-9(2)10-4-5-10)11-6-7-12(15)13(16)8-11/h6-10,14,17H,3-5H2,1-2H3. The van der Waals surface area contributed by atoms with Crippen LogP contribution in [0.1, 0.15) is 44.7 Å². The van der Waals surface area contributed by atoms with Crippen molar-refractivity contribution < 1.29 is 0 Å². The highest BCUT2D eigenvalue weighted by molar-refractivity contribution is 6.42. The number of rotatable bonds is 5. The Morgan fingerprint density at radius 3 is 2.53 bits per heavy atom. The smallest absolute Gasteiger partial charge is 0.0595 e. The Kier molecular flexibility index (Phi) is 4.35. The van der Waals surface area contributed by atoms with Gasteiger partial charge in [0.15, 0.2) is 0 Å². The Labute approximate surface area is 114 Å². The van der Waals surface area contributed by atoms with Crippen molar-refractivity contribution in [3.05, 3.63) is 33.8 Å². The van der Waals surface area contributed by atoms with Gasteiger partial charge in [0, 0.05) is 12.1 Å². The van der Waals surface area contributed by atoms with E-state index < -0.39 is 0 Å². The van der Waals surface area contributed by atoms with Gasteiger partial charge in [-0.25, -0.2) is 0 Å². The normalized spacial score (nSPS) is 19.1. The Balaban J connectivity index is 2.07. The number of hydrogen-bond donors (Lipinski definition) is 1. The summed E-state index contributed by atoms with van der Waals surface area (Å²) in [5, 5.41) is 4.96. The second kappa shape index (κ2) is 5.60. The van der Waals surface area contributed by atoms with Gasteiger partial charge in [-0.1, -0.05) is 36.2 Å². The fourth-order valence-corrected chi connectivity index (χ4v) is 2.54. The van der Waals surface area contributed by atoms with Crippen LogP contribution in [0.4, 0.5) is 0 Å². The molecule has 1 fully saturated rings. The number of hydrogen-bond acceptors (Lipinski definition) is 1. The topological polar surface area (TPSA) is 12.0 Å². The first-order valence-electron chi connectivity index (χ1n) is 6.32. The first-order valence-corrected chi connectivity index (χ1v) is 7.08. The van der Waals surface area contributed by atoms with Crippen LogP contribution in [0.25, 0.3) is 0 Å². The van der Waals surface area contributed by atoms with Gasteiger partial charge in [0.1, 0.15) is 0 Å². The summed E-state index contributed by atoms with van der Waals surface area (Å²) in [4.78, 5) is 0. The fourth-order valence-electron chi connectivity index (χ4n) is 2.23. The maximum atomic E-state index is 6.07. The monoisotopic (exact) mass is 271 g/mol. The zero-order chi connectivity index (χ0) is 12.4. The van der Waals surface area contributed by atoms with E-state index in [0.717, 1.165) is 12.3 Å². The van der Waals surface area contributed by atoms with Crippen molar-refractivity contribution in [2.24, 2.45) is 5.92 Å². The molecule has 1 aromatic rings. The predicted molar refractivity (Wildman–Crippen MR) is 74.8 cm³/mol. The predicted octanol–water partition coefficient (Wildman–Crippen LogP) is 4.83. The molecule has 2 atom stereocenters. The van der Waals surface area contributed by atoms with Gasteiger partial charge in [-0.05, 0) is 49.8 Å². The van der Waals surface area contributed by atoms with Crippen LogP contribution in [0.2, 0.25) is 10.0 Å². The second-order valence-corrected chi connectivity index (χ2v) is 5.74. The summed E-state index contributed by atoms with van der Waals surface area (Å²) in [5.41, 5.74) is 1.23. The minimum Gasteiger partial charge on any atom is -0.307 e. The molecule has 94 valence electrons. The van der Waals surface area contributed by atoms with E-state index in [1.165, 1.54) is 18.4 Å². The van der Waals surface area contributed by atoms with Gasteiger partial charge >= 0.3 is 0 Å². The lowest BCUT2D eigenvalue weighted by atomic mass is 10.0. The molecule has 0 amide bonds. The molecule has 1 N–H and O–H groups in total. The quantitative estimate of drug-likeness (QED) is 0.809. The van der Waals surface area contributed by atoms with Crippen molar-refractivity contribution in [2.75, 3.05) is 0 Å². The Morgan fingerprint density at radius 2 is 2.00 bits per heavy atom. The largest absolute Gasteiger partial charge is 0.307 e. The summed E-state index contributed by atoms with van der Waals surface area (Å²) < 4.78 is 0. The van der Waals surface area contributed by atoms with E-state index >= 15 is 0 Å². The van der Waals surface area contributed by atoms with E-state index in [1.54, 1.807) is 0 Å². The Hall–Kier alpha value is -0.240. The minimum absolute atomic E-state index is 0.375. The van der Waals surface area contributed by atoms with Gasteiger partial charge in [0.25, 0.3) is 0 Å². The fraction of sp³-hybridized carbons (Fsp3) is 0.571. The van der Waals surface area contributed by atoms with Crippen LogP contribution in [-0.2, 0) is 0 Å². The van der Waals surface area contributed by atoms with Crippen molar-refractivity contribution in [3.63, 3.8) is 0 Å². The van der Waals surface area contributed by atoms with E-state index in [9.17, 15) is 0 Å². The van der Waals surface area contributed by atoms with Crippen molar-refractivity contribution in [1.82, 2.24) is 5.32 Å². The van der Waals surface area contributed by atoms with Crippen molar-refractivity contribution in [3.8, 4) is 0 Å². The van der Waals surface area contributed by atoms with E-state index in [4.69, 9.17) is 23.2 Å². The maximum Gasteiger partial charge on any atom is 0.0595 e. The third-order valence-electron chi connectivity index (χ3n) is 3.55. The third-order valence-corrected chi connectivity index (χ3v) is 4.29. The molecular weight excluding hydrogens is 253 g/mol. The average Bonchev–Trinajstić information content (AvgIpc) is 3.13. The van der Waals surface area contributed by atoms with Crippen LogP contribution in [0.15, 0.2) is 18.2 Å². The second-order valence-electron chi connectivity index (χ2n) is 4.93. The summed E-state index contributed by atoms with van der Waals surface area (Å²) in [6.45, 7) is 4.47. The summed E-state index contributed by atoms with van der Waals surface area (Å²) in [5.74, 6) is 0.867. The maximum absolute atomic E-state index is 6.07. The molecule has 1 nitrogen and oxygen atoms in total. The first kappa shape index (κ1) is 13.2. The lowest BCUT2D eigenvalue weighted by Crippen LogP contribution is -2.31. The van der Waals surface area contributed by atoms with Gasteiger partial charge in [-0.15, -0.1) is 0 Å². The van der Waals surface area contributed by atoms with Crippen LogP contribution >= 0.6 is 23.2 Å². The molecule has 1 aliphatic carbocycles. The van der Waals surface area contributed by atoms with E-state index in [1.807, 2.05) is 12.1 Å². The molecule has 2 rings (SSSR count). The molecule has 0 aliphatic heterocycles. The molecule has 0 bridgehead atoms. The van der Waals surface area contributed by atoms with E-state index in [-0.39, 0.29) is 0 Å². The summed E-state index contributed by atoms with van der Waals surface area (Å²) in [7, 11) is 0. The van der Waals surface area contributed by atoms with Gasteiger partial charge < -0.3 is 5.32 Å². The molecule has 1 aromatic carbocycles. The molecule has 17 heavy (non-hydrogen) atoms. The number of benzene rings is 1. The zero-order valence-electron chi connectivity index (χ0n) is 10.3. The SMILES string of the molecule is CCC(NC(C)C1CC1)c1ccc(Cl)c(Cl)c1. The van der Waals surface area contributed by atoms with Crippen molar-refractivity contribution in [2.45, 2.75) is 45.2 Å². The van der Waals surface area contributed by atoms with E-state index in [2.05, 4.69) is 25.2 Å². The Bertz CT molecular complexity index is 388. The van der Waals surface area contributed by atoms with Gasteiger partial charge in [0.2, 0.25) is 0 Å². The van der Waals surface area contributed by atoms with E-state index in [0.29, 0.717) is 22.1 Å². The van der Waals surface area contributed by atoms with Gasteiger partial charge in [-0.2, -0.15) is 0 Å². The van der Waals surface area contributed by atoms with Crippen LogP contribution in [0.5, 0.6) is 0 Å². The average molecular weight is 272 g/mol. The molecular formula is C14H19Cl2N. The Morgan fingerprint density at radius 1 is 1.29 bits per heavy atom. The van der Waals surface area contributed by atoms with Crippen molar-refractivity contribution >= 4 is 23.2 Å².